The molecule has 0 saturated carbocycles. The normalized spacial score (nSPS) is 24.5. The highest BCUT2D eigenvalue weighted by Crippen LogP contribution is 2.35. The summed E-state index contributed by atoms with van der Waals surface area (Å²) in [5, 5.41) is 16.1. The van der Waals surface area contributed by atoms with Crippen LogP contribution in [-0.4, -0.2) is 42.8 Å². The maximum absolute atomic E-state index is 12.3. The van der Waals surface area contributed by atoms with Crippen molar-refractivity contribution in [3.63, 3.8) is 0 Å². The molecule has 1 aromatic heterocycles. The van der Waals surface area contributed by atoms with Crippen LogP contribution < -0.4 is 0 Å². The van der Waals surface area contributed by atoms with Crippen molar-refractivity contribution in [1.29, 1.82) is 0 Å². The molecule has 0 aromatic carbocycles. The van der Waals surface area contributed by atoms with Crippen molar-refractivity contribution < 1.29 is 19.5 Å². The monoisotopic (exact) mass is 290 g/mol. The molecular formula is C13H14N4O4. The summed E-state index contributed by atoms with van der Waals surface area (Å²) < 4.78 is 1.16. The van der Waals surface area contributed by atoms with Crippen LogP contribution in [-0.2, 0) is 27.5 Å². The van der Waals surface area contributed by atoms with Crippen LogP contribution in [0.2, 0.25) is 0 Å². The molecule has 2 heterocycles. The minimum atomic E-state index is -1.03. The summed E-state index contributed by atoms with van der Waals surface area (Å²) in [7, 11) is 0. The number of hydrogen-bond donors (Lipinski definition) is 1. The number of carboxylic acids is 1. The molecule has 2 unspecified atom stereocenters. The number of fused-ring (bicyclic) bond motifs is 1. The quantitative estimate of drug-likeness (QED) is 0.609. The molecule has 1 fully saturated rings. The number of imide groups is 1. The van der Waals surface area contributed by atoms with E-state index in [9.17, 15) is 14.4 Å². The number of aromatic nitrogens is 3. The van der Waals surface area contributed by atoms with Gasteiger partial charge in [0.2, 0.25) is 11.8 Å². The van der Waals surface area contributed by atoms with E-state index in [4.69, 9.17) is 5.11 Å². The van der Waals surface area contributed by atoms with Crippen LogP contribution in [0, 0.1) is 11.8 Å². The van der Waals surface area contributed by atoms with Crippen LogP contribution in [0.3, 0.4) is 0 Å². The van der Waals surface area contributed by atoms with E-state index in [2.05, 4.69) is 10.3 Å². The van der Waals surface area contributed by atoms with E-state index in [1.165, 1.54) is 11.1 Å². The van der Waals surface area contributed by atoms with E-state index in [1.54, 1.807) is 0 Å². The molecule has 8 nitrogen and oxygen atoms in total. The number of allylic oxidation sites excluding steroid dienone is 2. The highest BCUT2D eigenvalue weighted by atomic mass is 16.4. The minimum absolute atomic E-state index is 0.0459. The summed E-state index contributed by atoms with van der Waals surface area (Å²) in [6, 6.07) is 0. The zero-order valence-electron chi connectivity index (χ0n) is 11.2. The lowest BCUT2D eigenvalue weighted by Gasteiger charge is -2.14. The van der Waals surface area contributed by atoms with Crippen molar-refractivity contribution in [2.75, 3.05) is 0 Å². The summed E-state index contributed by atoms with van der Waals surface area (Å²) in [4.78, 5) is 36.3. The van der Waals surface area contributed by atoms with Crippen LogP contribution >= 0.6 is 0 Å². The molecule has 1 saturated heterocycles. The molecule has 2 atom stereocenters. The first-order chi connectivity index (χ1) is 10.1. The van der Waals surface area contributed by atoms with Crippen LogP contribution in [0.25, 0.3) is 0 Å². The van der Waals surface area contributed by atoms with E-state index in [-0.39, 0.29) is 36.7 Å². The van der Waals surface area contributed by atoms with Crippen molar-refractivity contribution in [2.45, 2.75) is 25.9 Å². The Morgan fingerprint density at radius 1 is 1.24 bits per heavy atom. The second-order valence-corrected chi connectivity index (χ2v) is 5.22. The second-order valence-electron chi connectivity index (χ2n) is 5.22. The predicted molar refractivity (Wildman–Crippen MR) is 68.6 cm³/mol. The average Bonchev–Trinajstić information content (AvgIpc) is 2.98. The Bertz CT molecular complexity index is 610. The maximum Gasteiger partial charge on any atom is 0.325 e. The van der Waals surface area contributed by atoms with Gasteiger partial charge in [-0.3, -0.25) is 19.3 Å². The Hall–Kier alpha value is -2.51. The SMILES string of the molecule is O=C(O)Cn1cc(CN2C(=O)C3CC=CCC3C2=O)nn1. The molecule has 21 heavy (non-hydrogen) atoms. The summed E-state index contributed by atoms with van der Waals surface area (Å²) in [5.41, 5.74) is 0.407. The molecule has 0 spiro atoms. The smallest absolute Gasteiger partial charge is 0.325 e. The minimum Gasteiger partial charge on any atom is -0.480 e. The van der Waals surface area contributed by atoms with Gasteiger partial charge in [0.05, 0.1) is 24.6 Å². The van der Waals surface area contributed by atoms with Crippen LogP contribution in [0.15, 0.2) is 18.3 Å². The third-order valence-electron chi connectivity index (χ3n) is 3.80. The molecule has 8 heteroatoms. The fraction of sp³-hybridized carbons (Fsp3) is 0.462. The van der Waals surface area contributed by atoms with Gasteiger partial charge < -0.3 is 5.11 Å². The Labute approximate surface area is 120 Å². The Balaban J connectivity index is 1.73. The van der Waals surface area contributed by atoms with Gasteiger partial charge in [0, 0.05) is 0 Å². The number of amides is 2. The topological polar surface area (TPSA) is 105 Å². The molecule has 2 amide bonds. The fourth-order valence-corrected chi connectivity index (χ4v) is 2.81. The van der Waals surface area contributed by atoms with E-state index in [0.29, 0.717) is 18.5 Å². The molecule has 1 N–H and O–H groups in total. The van der Waals surface area contributed by atoms with Crippen molar-refractivity contribution >= 4 is 17.8 Å². The molecular weight excluding hydrogens is 276 g/mol. The second kappa shape index (κ2) is 5.12. The Kier molecular flexibility index (Phi) is 3.28. The molecule has 3 rings (SSSR count). The van der Waals surface area contributed by atoms with Gasteiger partial charge in [0.1, 0.15) is 12.2 Å². The number of carboxylic acid groups (broad SMARTS) is 1. The van der Waals surface area contributed by atoms with Gasteiger partial charge in [0.15, 0.2) is 0 Å². The van der Waals surface area contributed by atoms with Crippen molar-refractivity contribution in [3.8, 4) is 0 Å². The van der Waals surface area contributed by atoms with Crippen LogP contribution in [0.5, 0.6) is 0 Å². The van der Waals surface area contributed by atoms with Gasteiger partial charge in [0.25, 0.3) is 0 Å². The molecule has 1 aromatic rings. The number of hydrogen-bond acceptors (Lipinski definition) is 5. The Morgan fingerprint density at radius 3 is 2.43 bits per heavy atom. The van der Waals surface area contributed by atoms with Crippen LogP contribution in [0.4, 0.5) is 0 Å². The van der Waals surface area contributed by atoms with E-state index >= 15 is 0 Å². The van der Waals surface area contributed by atoms with E-state index in [1.807, 2.05) is 12.2 Å². The highest BCUT2D eigenvalue weighted by Gasteiger charge is 2.47. The maximum atomic E-state index is 12.3. The van der Waals surface area contributed by atoms with Gasteiger partial charge in [-0.1, -0.05) is 17.4 Å². The largest absolute Gasteiger partial charge is 0.480 e. The first-order valence-electron chi connectivity index (χ1n) is 6.67. The third kappa shape index (κ3) is 2.44. The lowest BCUT2D eigenvalue weighted by molar-refractivity contribution is -0.141. The molecule has 0 bridgehead atoms. The number of aliphatic carboxylic acids is 1. The van der Waals surface area contributed by atoms with Crippen molar-refractivity contribution in [1.82, 2.24) is 19.9 Å². The number of rotatable bonds is 4. The molecule has 2 aliphatic rings. The zero-order chi connectivity index (χ0) is 15.0. The lowest BCUT2D eigenvalue weighted by atomic mass is 9.85. The fourth-order valence-electron chi connectivity index (χ4n) is 2.81. The van der Waals surface area contributed by atoms with Gasteiger partial charge in [-0.2, -0.15) is 0 Å². The third-order valence-corrected chi connectivity index (χ3v) is 3.80. The standard InChI is InChI=1S/C13H14N4O4/c18-11(19)7-16-5-8(14-15-16)6-17-12(20)9-3-1-2-4-10(9)13(17)21/h1-2,5,9-10H,3-4,6-7H2,(H,18,19). The number of likely N-dealkylation sites (tertiary alicyclic amines) is 1. The van der Waals surface area contributed by atoms with Gasteiger partial charge in [-0.15, -0.1) is 5.10 Å². The van der Waals surface area contributed by atoms with Crippen molar-refractivity contribution in [2.24, 2.45) is 11.8 Å². The molecule has 110 valence electrons. The number of carbonyl (C=O) groups excluding carboxylic acids is 2. The van der Waals surface area contributed by atoms with Gasteiger partial charge in [-0.25, -0.2) is 4.68 Å². The molecule has 0 radical (unpaired) electrons. The molecule has 1 aliphatic heterocycles. The lowest BCUT2D eigenvalue weighted by Crippen LogP contribution is -2.30. The van der Waals surface area contributed by atoms with E-state index < -0.39 is 5.97 Å². The highest BCUT2D eigenvalue weighted by molar-refractivity contribution is 6.05. The summed E-state index contributed by atoms with van der Waals surface area (Å²) in [6.45, 7) is -0.256. The summed E-state index contributed by atoms with van der Waals surface area (Å²) in [5.74, 6) is -1.92. The average molecular weight is 290 g/mol. The zero-order valence-corrected chi connectivity index (χ0v) is 11.2. The first-order valence-corrected chi connectivity index (χ1v) is 6.67. The number of carbonyl (C=O) groups is 3. The summed E-state index contributed by atoms with van der Waals surface area (Å²) >= 11 is 0. The van der Waals surface area contributed by atoms with Gasteiger partial charge in [-0.05, 0) is 12.8 Å². The predicted octanol–water partition coefficient (Wildman–Crippen LogP) is -0.186. The summed E-state index contributed by atoms with van der Waals surface area (Å²) in [6.07, 6.45) is 6.49. The van der Waals surface area contributed by atoms with Crippen LogP contribution in [0.1, 0.15) is 18.5 Å². The first kappa shape index (κ1) is 13.5. The van der Waals surface area contributed by atoms with Crippen molar-refractivity contribution in [3.05, 3.63) is 24.0 Å². The number of nitrogens with zero attached hydrogens (tertiary/aromatic N) is 4. The van der Waals surface area contributed by atoms with E-state index in [0.717, 1.165) is 4.68 Å². The Morgan fingerprint density at radius 2 is 1.86 bits per heavy atom. The molecule has 1 aliphatic carbocycles. The van der Waals surface area contributed by atoms with Gasteiger partial charge >= 0.3 is 5.97 Å².